The molecule has 0 saturated carbocycles. The molecule has 0 radical (unpaired) electrons. The van der Waals surface area contributed by atoms with Crippen molar-refractivity contribution in [2.45, 2.75) is 13.1 Å². The van der Waals surface area contributed by atoms with Crippen molar-refractivity contribution in [3.63, 3.8) is 0 Å². The van der Waals surface area contributed by atoms with E-state index >= 15 is 0 Å². The zero-order valence-corrected chi connectivity index (χ0v) is 12.7. The number of carbonyl (C=O) groups is 1. The van der Waals surface area contributed by atoms with Gasteiger partial charge in [0.15, 0.2) is 0 Å². The van der Waals surface area contributed by atoms with Gasteiger partial charge in [0, 0.05) is 25.2 Å². The monoisotopic (exact) mass is 306 g/mol. The van der Waals surface area contributed by atoms with Crippen LogP contribution in [-0.4, -0.2) is 63.1 Å². The number of hydrogen-bond donors (Lipinski definition) is 0. The van der Waals surface area contributed by atoms with Crippen molar-refractivity contribution in [3.05, 3.63) is 42.0 Å². The molecule has 0 aliphatic heterocycles. The SMILES string of the molecule is CN(C)CCN(Cc1ccccc1F)C(=O)Cn1cnnn1. The number of nitrogens with zero attached hydrogens (tertiary/aromatic N) is 6. The maximum absolute atomic E-state index is 13.8. The first kappa shape index (κ1) is 16.0. The third-order valence-corrected chi connectivity index (χ3v) is 3.18. The highest BCUT2D eigenvalue weighted by molar-refractivity contribution is 5.75. The Balaban J connectivity index is 2.08. The summed E-state index contributed by atoms with van der Waals surface area (Å²) in [5.41, 5.74) is 0.492. The van der Waals surface area contributed by atoms with Crippen LogP contribution in [0, 0.1) is 5.82 Å². The van der Waals surface area contributed by atoms with Crippen LogP contribution in [0.15, 0.2) is 30.6 Å². The van der Waals surface area contributed by atoms with Crippen molar-refractivity contribution < 1.29 is 9.18 Å². The minimum atomic E-state index is -0.312. The van der Waals surface area contributed by atoms with E-state index in [1.54, 1.807) is 23.1 Å². The van der Waals surface area contributed by atoms with Crippen molar-refractivity contribution >= 4 is 5.91 Å². The maximum atomic E-state index is 13.8. The summed E-state index contributed by atoms with van der Waals surface area (Å²) in [4.78, 5) is 16.0. The van der Waals surface area contributed by atoms with Crippen LogP contribution in [0.2, 0.25) is 0 Å². The Bertz CT molecular complexity index is 601. The summed E-state index contributed by atoms with van der Waals surface area (Å²) in [5, 5.41) is 10.7. The number of benzene rings is 1. The molecule has 2 aromatic rings. The van der Waals surface area contributed by atoms with Gasteiger partial charge in [0.1, 0.15) is 18.7 Å². The van der Waals surface area contributed by atoms with Crippen molar-refractivity contribution in [1.29, 1.82) is 0 Å². The molecule has 0 bridgehead atoms. The average molecular weight is 306 g/mol. The lowest BCUT2D eigenvalue weighted by molar-refractivity contribution is -0.132. The van der Waals surface area contributed by atoms with Crippen LogP contribution in [0.1, 0.15) is 5.56 Å². The van der Waals surface area contributed by atoms with Gasteiger partial charge >= 0.3 is 0 Å². The molecule has 1 heterocycles. The van der Waals surface area contributed by atoms with E-state index in [1.807, 2.05) is 19.0 Å². The number of likely N-dealkylation sites (N-methyl/N-ethyl adjacent to an activating group) is 1. The van der Waals surface area contributed by atoms with Crippen LogP contribution in [0.25, 0.3) is 0 Å². The Hall–Kier alpha value is -2.35. The Labute approximate surface area is 128 Å². The van der Waals surface area contributed by atoms with Crippen molar-refractivity contribution in [2.75, 3.05) is 27.2 Å². The molecule has 0 aliphatic carbocycles. The fourth-order valence-corrected chi connectivity index (χ4v) is 1.94. The fraction of sp³-hybridized carbons (Fsp3) is 0.429. The molecule has 0 saturated heterocycles. The van der Waals surface area contributed by atoms with Gasteiger partial charge in [-0.3, -0.25) is 4.79 Å². The zero-order chi connectivity index (χ0) is 15.9. The standard InChI is InChI=1S/C14H19FN6O/c1-19(2)7-8-20(9-12-5-3-4-6-13(12)15)14(22)10-21-11-16-17-18-21/h3-6,11H,7-10H2,1-2H3. The highest BCUT2D eigenvalue weighted by atomic mass is 19.1. The maximum Gasteiger partial charge on any atom is 0.244 e. The van der Waals surface area contributed by atoms with Crippen LogP contribution in [-0.2, 0) is 17.9 Å². The van der Waals surface area contributed by atoms with Crippen LogP contribution < -0.4 is 0 Å². The van der Waals surface area contributed by atoms with Gasteiger partial charge < -0.3 is 9.80 Å². The van der Waals surface area contributed by atoms with E-state index in [9.17, 15) is 9.18 Å². The van der Waals surface area contributed by atoms with E-state index in [-0.39, 0.29) is 24.8 Å². The van der Waals surface area contributed by atoms with E-state index in [0.717, 1.165) is 0 Å². The lowest BCUT2D eigenvalue weighted by Crippen LogP contribution is -2.38. The minimum Gasteiger partial charge on any atom is -0.335 e. The first-order valence-corrected chi connectivity index (χ1v) is 6.93. The lowest BCUT2D eigenvalue weighted by Gasteiger charge is -2.24. The van der Waals surface area contributed by atoms with Crippen molar-refractivity contribution in [2.24, 2.45) is 0 Å². The second-order valence-corrected chi connectivity index (χ2v) is 5.22. The fourth-order valence-electron chi connectivity index (χ4n) is 1.94. The minimum absolute atomic E-state index is 0.0366. The number of halogens is 1. The van der Waals surface area contributed by atoms with E-state index in [2.05, 4.69) is 15.5 Å². The first-order chi connectivity index (χ1) is 10.6. The molecule has 0 atom stereocenters. The van der Waals surface area contributed by atoms with Gasteiger partial charge in [-0.25, -0.2) is 9.07 Å². The molecule has 118 valence electrons. The Morgan fingerprint density at radius 3 is 2.68 bits per heavy atom. The molecule has 0 unspecified atom stereocenters. The molecule has 1 aromatic carbocycles. The molecule has 0 spiro atoms. The van der Waals surface area contributed by atoms with Gasteiger partial charge in [-0.15, -0.1) is 5.10 Å². The summed E-state index contributed by atoms with van der Waals surface area (Å²) >= 11 is 0. The predicted octanol–water partition coefficient (Wildman–Crippen LogP) is 0.403. The Morgan fingerprint density at radius 1 is 1.27 bits per heavy atom. The van der Waals surface area contributed by atoms with Crippen LogP contribution in [0.3, 0.4) is 0 Å². The first-order valence-electron chi connectivity index (χ1n) is 6.93. The number of carbonyl (C=O) groups excluding carboxylic acids is 1. The Kier molecular flexibility index (Phi) is 5.54. The van der Waals surface area contributed by atoms with Crippen LogP contribution in [0.5, 0.6) is 0 Å². The number of hydrogen-bond acceptors (Lipinski definition) is 5. The summed E-state index contributed by atoms with van der Waals surface area (Å²) in [7, 11) is 3.85. The van der Waals surface area contributed by atoms with Gasteiger partial charge in [0.05, 0.1) is 0 Å². The molecule has 0 aliphatic rings. The smallest absolute Gasteiger partial charge is 0.244 e. The molecular formula is C14H19FN6O. The van der Waals surface area contributed by atoms with E-state index in [1.165, 1.54) is 17.1 Å². The van der Waals surface area contributed by atoms with Gasteiger partial charge in [-0.2, -0.15) is 0 Å². The van der Waals surface area contributed by atoms with Crippen LogP contribution >= 0.6 is 0 Å². The second kappa shape index (κ2) is 7.60. The molecule has 2 rings (SSSR count). The molecule has 0 fully saturated rings. The molecule has 0 N–H and O–H groups in total. The van der Waals surface area contributed by atoms with E-state index in [0.29, 0.717) is 18.7 Å². The highest BCUT2D eigenvalue weighted by Gasteiger charge is 2.17. The predicted molar refractivity (Wildman–Crippen MR) is 78.2 cm³/mol. The number of aromatic nitrogens is 4. The molecule has 22 heavy (non-hydrogen) atoms. The molecule has 1 amide bonds. The van der Waals surface area contributed by atoms with E-state index < -0.39 is 0 Å². The highest BCUT2D eigenvalue weighted by Crippen LogP contribution is 2.10. The Morgan fingerprint density at radius 2 is 2.05 bits per heavy atom. The normalized spacial score (nSPS) is 10.9. The summed E-state index contributed by atoms with van der Waals surface area (Å²) < 4.78 is 15.2. The van der Waals surface area contributed by atoms with Gasteiger partial charge in [0.25, 0.3) is 0 Å². The molecule has 7 nitrogen and oxygen atoms in total. The van der Waals surface area contributed by atoms with Gasteiger partial charge in [0.2, 0.25) is 5.91 Å². The van der Waals surface area contributed by atoms with Gasteiger partial charge in [-0.05, 0) is 30.6 Å². The number of amides is 1. The van der Waals surface area contributed by atoms with Crippen molar-refractivity contribution in [3.8, 4) is 0 Å². The van der Waals surface area contributed by atoms with Crippen LogP contribution in [0.4, 0.5) is 4.39 Å². The topological polar surface area (TPSA) is 67.2 Å². The average Bonchev–Trinajstić information content (AvgIpc) is 2.97. The second-order valence-electron chi connectivity index (χ2n) is 5.22. The quantitative estimate of drug-likeness (QED) is 0.741. The molecular weight excluding hydrogens is 287 g/mol. The lowest BCUT2D eigenvalue weighted by atomic mass is 10.2. The largest absolute Gasteiger partial charge is 0.335 e. The number of tetrazole rings is 1. The zero-order valence-electron chi connectivity index (χ0n) is 12.7. The summed E-state index contributed by atoms with van der Waals surface area (Å²) in [6.45, 7) is 1.45. The molecule has 1 aromatic heterocycles. The third-order valence-electron chi connectivity index (χ3n) is 3.18. The third kappa shape index (κ3) is 4.59. The van der Waals surface area contributed by atoms with E-state index in [4.69, 9.17) is 0 Å². The summed E-state index contributed by atoms with van der Waals surface area (Å²) in [5.74, 6) is -0.468. The van der Waals surface area contributed by atoms with Crippen molar-refractivity contribution in [1.82, 2.24) is 30.0 Å². The summed E-state index contributed by atoms with van der Waals surface area (Å²) in [6, 6.07) is 6.47. The molecule has 8 heteroatoms. The van der Waals surface area contributed by atoms with Gasteiger partial charge in [-0.1, -0.05) is 18.2 Å². The summed E-state index contributed by atoms with van der Waals surface area (Å²) in [6.07, 6.45) is 1.38. The number of rotatable bonds is 7.